The molecule has 8 atom stereocenters. The average Bonchev–Trinajstić information content (AvgIpc) is 4.42. The summed E-state index contributed by atoms with van der Waals surface area (Å²) in [7, 11) is -6.70. The fourth-order valence-electron chi connectivity index (χ4n) is 15.1. The Hall–Kier alpha value is -5.69. The van der Waals surface area contributed by atoms with E-state index >= 15 is 0 Å². The Morgan fingerprint density at radius 3 is 0.600 bits per heavy atom. The van der Waals surface area contributed by atoms with Gasteiger partial charge in [-0.2, -0.15) is 0 Å². The number of piperidine rings is 4. The summed E-state index contributed by atoms with van der Waals surface area (Å²) in [4.78, 5) is 109. The van der Waals surface area contributed by atoms with Gasteiger partial charge in [0.05, 0.1) is 55.0 Å². The van der Waals surface area contributed by atoms with E-state index in [9.17, 15) is 38.4 Å². The molecule has 16 heteroatoms. The highest BCUT2D eigenvalue weighted by Gasteiger charge is 2.65. The Morgan fingerprint density at radius 2 is 0.450 bits per heavy atom. The van der Waals surface area contributed by atoms with Crippen LogP contribution in [0, 0.1) is 23.7 Å². The molecule has 4 aliphatic carbocycles. The molecule has 0 aromatic heterocycles. The highest BCUT2D eigenvalue weighted by molar-refractivity contribution is 6.85. The standard InChI is InChI=1S/4C16H21NO2Si/c4*1-20(2,3)16-10-9-12(11-16)14(18)17(15(16)19)13-7-5-4-6-8-13/h4*4-8,12H,9-11H2,1-3H3/t4*12-,16-/m1111/s1. The molecule has 4 aromatic rings. The van der Waals surface area contributed by atoms with E-state index in [4.69, 9.17) is 0 Å². The van der Waals surface area contributed by atoms with Crippen LogP contribution in [0.4, 0.5) is 22.7 Å². The van der Waals surface area contributed by atoms with E-state index in [2.05, 4.69) is 78.6 Å². The monoisotopic (exact) mass is 1150 g/mol. The first-order valence-corrected chi connectivity index (χ1v) is 43.2. The van der Waals surface area contributed by atoms with Crippen LogP contribution in [0.2, 0.25) is 98.7 Å². The molecule has 12 rings (SSSR count). The lowest BCUT2D eigenvalue weighted by Gasteiger charge is -2.45. The van der Waals surface area contributed by atoms with Crippen LogP contribution in [0.25, 0.3) is 0 Å². The van der Waals surface area contributed by atoms with Crippen LogP contribution >= 0.6 is 0 Å². The molecule has 424 valence electrons. The van der Waals surface area contributed by atoms with Crippen LogP contribution < -0.4 is 19.6 Å². The molecule has 80 heavy (non-hydrogen) atoms. The summed E-state index contributed by atoms with van der Waals surface area (Å²) in [5, 5.41) is -0.994. The number of amides is 8. The smallest absolute Gasteiger partial charge is 0.237 e. The number of imide groups is 4. The maximum absolute atomic E-state index is 13.1. The van der Waals surface area contributed by atoms with Crippen LogP contribution in [0.3, 0.4) is 0 Å². The number of anilines is 4. The van der Waals surface area contributed by atoms with Crippen LogP contribution in [-0.4, -0.2) is 79.6 Å². The molecule has 12 nitrogen and oxygen atoms in total. The number of hydrogen-bond acceptors (Lipinski definition) is 8. The van der Waals surface area contributed by atoms with E-state index in [1.807, 2.05) is 121 Å². The van der Waals surface area contributed by atoms with E-state index < -0.39 is 32.3 Å². The van der Waals surface area contributed by atoms with Crippen LogP contribution in [0.1, 0.15) is 77.0 Å². The maximum atomic E-state index is 13.1. The molecule has 4 aliphatic heterocycles. The van der Waals surface area contributed by atoms with Gasteiger partial charge in [0.25, 0.3) is 0 Å². The van der Waals surface area contributed by atoms with Gasteiger partial charge in [0.1, 0.15) is 0 Å². The molecular formula is C64H84N4O8Si4. The normalized spacial score (nSPS) is 29.9. The molecule has 8 bridgehead atoms. The Labute approximate surface area is 478 Å². The number of nitrogens with zero attached hydrogens (tertiary/aromatic N) is 4. The lowest BCUT2D eigenvalue weighted by molar-refractivity contribution is -0.134. The summed E-state index contributed by atoms with van der Waals surface area (Å²) in [6.07, 6.45) is 10.2. The zero-order chi connectivity index (χ0) is 58.2. The van der Waals surface area contributed by atoms with E-state index in [1.165, 1.54) is 19.6 Å². The number of carbonyl (C=O) groups excluding carboxylic acids is 8. The van der Waals surface area contributed by atoms with Crippen molar-refractivity contribution in [3.8, 4) is 0 Å². The van der Waals surface area contributed by atoms with Gasteiger partial charge >= 0.3 is 0 Å². The molecule has 4 saturated heterocycles. The van der Waals surface area contributed by atoms with Crippen LogP contribution in [-0.2, 0) is 38.4 Å². The molecule has 0 N–H and O–H groups in total. The third-order valence-corrected chi connectivity index (χ3v) is 34.7. The van der Waals surface area contributed by atoms with Gasteiger partial charge in [-0.05, 0) is 126 Å². The quantitative estimate of drug-likeness (QED) is 0.125. The van der Waals surface area contributed by atoms with E-state index in [0.717, 1.165) is 99.8 Å². The van der Waals surface area contributed by atoms with Crippen molar-refractivity contribution in [2.75, 3.05) is 19.6 Å². The molecule has 0 radical (unpaired) electrons. The zero-order valence-corrected chi connectivity index (χ0v) is 53.4. The fourth-order valence-corrected chi connectivity index (χ4v) is 25.1. The second kappa shape index (κ2) is 21.2. The van der Waals surface area contributed by atoms with Gasteiger partial charge < -0.3 is 0 Å². The Bertz CT molecular complexity index is 2670. The van der Waals surface area contributed by atoms with E-state index in [0.29, 0.717) is 0 Å². The molecule has 8 amide bonds. The lowest BCUT2D eigenvalue weighted by atomic mass is 9.95. The number of hydrogen-bond donors (Lipinski definition) is 0. The number of para-hydroxylation sites is 4. The topological polar surface area (TPSA) is 150 Å². The highest BCUT2D eigenvalue weighted by atomic mass is 28.3. The van der Waals surface area contributed by atoms with Crippen molar-refractivity contribution in [2.24, 2.45) is 23.7 Å². The summed E-state index contributed by atoms with van der Waals surface area (Å²) < 4.78 is 0. The van der Waals surface area contributed by atoms with E-state index in [1.54, 1.807) is 0 Å². The van der Waals surface area contributed by atoms with Gasteiger partial charge in [0.2, 0.25) is 47.3 Å². The molecule has 0 spiro atoms. The minimum Gasteiger partial charge on any atom is -0.274 e. The second-order valence-corrected chi connectivity index (χ2v) is 50.2. The van der Waals surface area contributed by atoms with Crippen molar-refractivity contribution in [1.29, 1.82) is 0 Å². The SMILES string of the molecule is C[Si](C)(C)[C@]12CC[C@H](C1)C(=O)N(c1ccccc1)C2=O.C[Si](C)(C)[C@]12CC[C@H](C1)C(=O)N(c1ccccc1)C2=O.C[Si](C)(C)[C@]12CC[C@H](C1)C(=O)N(c1ccccc1)C2=O.C[Si](C)(C)[C@]12CC[C@H](C1)C(=O)N(c1ccccc1)C2=O. The highest BCUT2D eigenvalue weighted by Crippen LogP contribution is 2.63. The van der Waals surface area contributed by atoms with Gasteiger partial charge in [-0.25, -0.2) is 0 Å². The second-order valence-electron chi connectivity index (χ2n) is 28.3. The number of carbonyl (C=O) groups is 8. The molecule has 4 heterocycles. The van der Waals surface area contributed by atoms with E-state index in [-0.39, 0.29) is 91.1 Å². The van der Waals surface area contributed by atoms with Crippen LogP contribution in [0.15, 0.2) is 121 Å². The summed E-state index contributed by atoms with van der Waals surface area (Å²) >= 11 is 0. The Kier molecular flexibility index (Phi) is 15.7. The largest absolute Gasteiger partial charge is 0.274 e. The molecule has 0 unspecified atom stereocenters. The maximum Gasteiger partial charge on any atom is 0.237 e. The summed E-state index contributed by atoms with van der Waals surface area (Å²) in [6, 6.07) is 37.6. The summed E-state index contributed by atoms with van der Waals surface area (Å²) in [5.74, 6) is 0.422. The van der Waals surface area contributed by atoms with Crippen molar-refractivity contribution in [3.63, 3.8) is 0 Å². The minimum absolute atomic E-state index is 0.00701. The van der Waals surface area contributed by atoms with Gasteiger partial charge in [-0.15, -0.1) is 0 Å². The van der Waals surface area contributed by atoms with Crippen molar-refractivity contribution < 1.29 is 38.4 Å². The molecule has 8 aliphatic rings. The molecule has 4 saturated carbocycles. The van der Waals surface area contributed by atoms with Crippen molar-refractivity contribution in [1.82, 2.24) is 0 Å². The zero-order valence-electron chi connectivity index (χ0n) is 49.4. The van der Waals surface area contributed by atoms with Gasteiger partial charge in [0, 0.05) is 43.8 Å². The summed E-state index contributed by atoms with van der Waals surface area (Å²) in [6.45, 7) is 27.1. The predicted octanol–water partition coefficient (Wildman–Crippen LogP) is 13.8. The first kappa shape index (κ1) is 58.9. The van der Waals surface area contributed by atoms with Crippen molar-refractivity contribution in [3.05, 3.63) is 121 Å². The van der Waals surface area contributed by atoms with Gasteiger partial charge in [0.15, 0.2) is 0 Å². The number of fused-ring (bicyclic) bond motifs is 8. The third-order valence-electron chi connectivity index (χ3n) is 20.6. The summed E-state index contributed by atoms with van der Waals surface area (Å²) in [5.41, 5.74) is 2.93. The molecule has 4 aromatic carbocycles. The lowest BCUT2D eigenvalue weighted by Crippen LogP contribution is -2.56. The molecular weight excluding hydrogens is 1070 g/mol. The number of benzene rings is 4. The van der Waals surface area contributed by atoms with Crippen molar-refractivity contribution in [2.45, 2.75) is 176 Å². The number of rotatable bonds is 8. The third kappa shape index (κ3) is 9.74. The average molecular weight is 1150 g/mol. The molecule has 8 fully saturated rings. The fraction of sp³-hybridized carbons (Fsp3) is 0.500. The van der Waals surface area contributed by atoms with Crippen molar-refractivity contribution >= 4 is 102 Å². The predicted molar refractivity (Wildman–Crippen MR) is 329 cm³/mol. The minimum atomic E-state index is -1.68. The van der Waals surface area contributed by atoms with Gasteiger partial charge in [-0.3, -0.25) is 58.0 Å². The first-order chi connectivity index (χ1) is 37.5. The first-order valence-electron chi connectivity index (χ1n) is 29.2. The Morgan fingerprint density at radius 1 is 0.287 bits per heavy atom. The van der Waals surface area contributed by atoms with Gasteiger partial charge in [-0.1, -0.05) is 151 Å². The van der Waals surface area contributed by atoms with Crippen LogP contribution in [0.5, 0.6) is 0 Å². The Balaban J connectivity index is 0.000000129.